The van der Waals surface area contributed by atoms with Gasteiger partial charge in [-0.05, 0) is 127 Å². The van der Waals surface area contributed by atoms with Gasteiger partial charge >= 0.3 is 0 Å². The van der Waals surface area contributed by atoms with Crippen molar-refractivity contribution in [1.29, 1.82) is 0 Å². The van der Waals surface area contributed by atoms with Crippen LogP contribution in [0.1, 0.15) is 98.0 Å². The zero-order valence-electron chi connectivity index (χ0n) is 25.2. The minimum atomic E-state index is -1.96. The molecule has 0 radical (unpaired) electrons. The van der Waals surface area contributed by atoms with Crippen molar-refractivity contribution in [3.63, 3.8) is 0 Å². The molecule has 4 fully saturated rings. The summed E-state index contributed by atoms with van der Waals surface area (Å²) >= 11 is 0. The summed E-state index contributed by atoms with van der Waals surface area (Å²) in [6.07, 6.45) is 11.8. The Morgan fingerprint density at radius 2 is 1.63 bits per heavy atom. The second-order valence-electron chi connectivity index (χ2n) is 15.5. The minimum absolute atomic E-state index is 0.0965. The lowest BCUT2D eigenvalue weighted by atomic mass is 9.42. The molecule has 38 heavy (non-hydrogen) atoms. The van der Waals surface area contributed by atoms with E-state index in [4.69, 9.17) is 4.43 Å². The number of hydrogen-bond donors (Lipinski definition) is 2. The van der Waals surface area contributed by atoms with Crippen LogP contribution in [-0.4, -0.2) is 30.7 Å². The monoisotopic (exact) mass is 538 g/mol. The first kappa shape index (κ1) is 28.4. The summed E-state index contributed by atoms with van der Waals surface area (Å²) in [4.78, 5) is 0. The smallest absolute Gasteiger partial charge is 0.249 e. The van der Waals surface area contributed by atoms with E-state index in [0.29, 0.717) is 23.7 Å². The van der Waals surface area contributed by atoms with Crippen molar-refractivity contribution in [3.05, 3.63) is 42.2 Å². The summed E-state index contributed by atoms with van der Waals surface area (Å²) in [7, 11) is -1.96. The molecule has 0 spiro atoms. The number of rotatable bonds is 5. The molecule has 0 amide bonds. The lowest BCUT2D eigenvalue weighted by Crippen LogP contribution is -2.58. The van der Waals surface area contributed by atoms with Gasteiger partial charge in [-0.3, -0.25) is 0 Å². The molecule has 2 N–H and O–H groups in total. The Kier molecular flexibility index (Phi) is 7.53. The van der Waals surface area contributed by atoms with Gasteiger partial charge in [-0.25, -0.2) is 0 Å². The van der Waals surface area contributed by atoms with Crippen LogP contribution in [0.3, 0.4) is 0 Å². The quantitative estimate of drug-likeness (QED) is 0.292. The Morgan fingerprint density at radius 1 is 0.947 bits per heavy atom. The van der Waals surface area contributed by atoms with Gasteiger partial charge in [0.05, 0.1) is 18.5 Å². The molecule has 1 aromatic rings. The summed E-state index contributed by atoms with van der Waals surface area (Å²) in [5.74, 6) is 2.89. The van der Waals surface area contributed by atoms with Gasteiger partial charge in [0.25, 0.3) is 0 Å². The van der Waals surface area contributed by atoms with E-state index in [0.717, 1.165) is 32.1 Å². The van der Waals surface area contributed by atoms with E-state index in [-0.39, 0.29) is 34.0 Å². The standard InChI is InChI=1S/C34H54O3Si/c1-32(2,3)38(6,7)37-22-24(23-11-9-8-10-12-23)21-29-30(35)17-14-25-13-15-26-27-16-18-31(36)33(27,4)20-19-28(26)34(25,29)5/h8-12,22,25-31,35-36H,13-21H2,1-7H3/t25?,26-,27-,28+,29?,30?,31?,33-,34-/m0/s1. The number of aliphatic hydroxyl groups excluding tert-OH is 2. The van der Waals surface area contributed by atoms with Crippen LogP contribution >= 0.6 is 0 Å². The molecular formula is C34H54O3Si. The van der Waals surface area contributed by atoms with Crippen LogP contribution in [0.15, 0.2) is 36.6 Å². The highest BCUT2D eigenvalue weighted by Crippen LogP contribution is 2.68. The van der Waals surface area contributed by atoms with E-state index in [1.54, 1.807) is 0 Å². The maximum absolute atomic E-state index is 11.7. The van der Waals surface area contributed by atoms with E-state index >= 15 is 0 Å². The van der Waals surface area contributed by atoms with E-state index in [1.165, 1.54) is 36.8 Å². The van der Waals surface area contributed by atoms with Gasteiger partial charge in [-0.1, -0.05) is 65.0 Å². The molecule has 5 rings (SSSR count). The van der Waals surface area contributed by atoms with Crippen molar-refractivity contribution in [2.75, 3.05) is 0 Å². The summed E-state index contributed by atoms with van der Waals surface area (Å²) < 4.78 is 6.71. The fourth-order valence-corrected chi connectivity index (χ4v) is 10.1. The van der Waals surface area contributed by atoms with Gasteiger partial charge < -0.3 is 14.6 Å². The van der Waals surface area contributed by atoms with Gasteiger partial charge in [0.15, 0.2) is 0 Å². The lowest BCUT2D eigenvalue weighted by molar-refractivity contribution is -0.168. The van der Waals surface area contributed by atoms with E-state index < -0.39 is 8.32 Å². The highest BCUT2D eigenvalue weighted by Gasteiger charge is 2.62. The molecule has 4 saturated carbocycles. The van der Waals surface area contributed by atoms with Crippen LogP contribution < -0.4 is 0 Å². The van der Waals surface area contributed by atoms with Crippen molar-refractivity contribution in [2.24, 2.45) is 40.4 Å². The second kappa shape index (κ2) is 10.1. The van der Waals surface area contributed by atoms with Crippen molar-refractivity contribution in [1.82, 2.24) is 0 Å². The second-order valence-corrected chi connectivity index (χ2v) is 20.3. The van der Waals surface area contributed by atoms with Crippen LogP contribution in [-0.2, 0) is 4.43 Å². The topological polar surface area (TPSA) is 49.7 Å². The Balaban J connectivity index is 1.49. The van der Waals surface area contributed by atoms with Gasteiger partial charge in [0.2, 0.25) is 8.32 Å². The lowest BCUT2D eigenvalue weighted by Gasteiger charge is -2.63. The zero-order chi connectivity index (χ0) is 27.5. The Morgan fingerprint density at radius 3 is 2.32 bits per heavy atom. The van der Waals surface area contributed by atoms with E-state index in [9.17, 15) is 10.2 Å². The van der Waals surface area contributed by atoms with Crippen molar-refractivity contribution >= 4 is 13.9 Å². The predicted octanol–water partition coefficient (Wildman–Crippen LogP) is 8.43. The van der Waals surface area contributed by atoms with Crippen molar-refractivity contribution in [2.45, 2.75) is 123 Å². The molecule has 4 unspecified atom stereocenters. The van der Waals surface area contributed by atoms with Gasteiger partial charge in [-0.2, -0.15) is 0 Å². The molecule has 212 valence electrons. The average molecular weight is 539 g/mol. The largest absolute Gasteiger partial charge is 0.549 e. The molecule has 4 aliphatic carbocycles. The number of allylic oxidation sites excluding steroid dienone is 1. The van der Waals surface area contributed by atoms with Crippen molar-refractivity contribution in [3.8, 4) is 0 Å². The molecule has 0 aromatic heterocycles. The first-order valence-electron chi connectivity index (χ1n) is 15.6. The Hall–Kier alpha value is -1.10. The Bertz CT molecular complexity index is 1010. The first-order valence-corrected chi connectivity index (χ1v) is 18.5. The summed E-state index contributed by atoms with van der Waals surface area (Å²) in [5.41, 5.74) is 2.70. The third-order valence-electron chi connectivity index (χ3n) is 12.9. The van der Waals surface area contributed by atoms with Crippen LogP contribution in [0.25, 0.3) is 5.57 Å². The molecule has 1 aromatic carbocycles. The predicted molar refractivity (Wildman–Crippen MR) is 160 cm³/mol. The van der Waals surface area contributed by atoms with Crippen LogP contribution in [0.5, 0.6) is 0 Å². The van der Waals surface area contributed by atoms with Gasteiger partial charge in [0.1, 0.15) is 0 Å². The normalized spacial score (nSPS) is 41.7. The highest BCUT2D eigenvalue weighted by atomic mass is 28.4. The third kappa shape index (κ3) is 4.65. The zero-order valence-corrected chi connectivity index (χ0v) is 26.2. The molecule has 9 atom stereocenters. The van der Waals surface area contributed by atoms with E-state index in [2.05, 4.69) is 84.3 Å². The van der Waals surface area contributed by atoms with Crippen LogP contribution in [0.2, 0.25) is 18.1 Å². The molecule has 4 heteroatoms. The average Bonchev–Trinajstić information content (AvgIpc) is 3.17. The molecule has 3 nitrogen and oxygen atoms in total. The maximum atomic E-state index is 11.7. The SMILES string of the molecule is CC(C)(C)[Si](C)(C)OC=C(CC1C(O)CCC2CC[C@@H]3[C@@H](CC[C@]4(C)C(O)CC[C@@H]34)[C@]21C)c1ccccc1. The number of benzene rings is 1. The minimum Gasteiger partial charge on any atom is -0.549 e. The van der Waals surface area contributed by atoms with E-state index in [1.807, 2.05) is 0 Å². The molecule has 0 aliphatic heterocycles. The van der Waals surface area contributed by atoms with Crippen LogP contribution in [0.4, 0.5) is 0 Å². The molecule has 0 saturated heterocycles. The third-order valence-corrected chi connectivity index (χ3v) is 17.2. The molecule has 0 bridgehead atoms. The van der Waals surface area contributed by atoms with Crippen LogP contribution in [0, 0.1) is 40.4 Å². The van der Waals surface area contributed by atoms with Gasteiger partial charge in [-0.15, -0.1) is 0 Å². The number of fused-ring (bicyclic) bond motifs is 5. The number of hydrogen-bond acceptors (Lipinski definition) is 3. The fourth-order valence-electron chi connectivity index (χ4n) is 9.34. The summed E-state index contributed by atoms with van der Waals surface area (Å²) in [5, 5.41) is 22.8. The van der Waals surface area contributed by atoms with Gasteiger partial charge in [0, 0.05) is 0 Å². The Labute approximate surface area is 233 Å². The summed E-state index contributed by atoms with van der Waals surface area (Å²) in [6.45, 7) is 16.5. The van der Waals surface area contributed by atoms with Crippen molar-refractivity contribution < 1.29 is 14.6 Å². The fraction of sp³-hybridized carbons (Fsp3) is 0.765. The molecular weight excluding hydrogens is 484 g/mol. The maximum Gasteiger partial charge on any atom is 0.249 e. The molecule has 0 heterocycles. The number of aliphatic hydroxyl groups is 2. The first-order chi connectivity index (χ1) is 17.8. The summed E-state index contributed by atoms with van der Waals surface area (Å²) in [6, 6.07) is 10.8. The highest BCUT2D eigenvalue weighted by molar-refractivity contribution is 6.74. The molecule has 4 aliphatic rings.